The van der Waals surface area contributed by atoms with Crippen LogP contribution in [0.4, 0.5) is 0 Å². The van der Waals surface area contributed by atoms with E-state index >= 15 is 0 Å². The van der Waals surface area contributed by atoms with Gasteiger partial charge in [-0.1, -0.05) is 30.3 Å². The maximum Gasteiger partial charge on any atom is 0.349 e. The maximum absolute atomic E-state index is 12.4. The zero-order valence-electron chi connectivity index (χ0n) is 13.8. The van der Waals surface area contributed by atoms with E-state index < -0.39 is 11.5 Å². The summed E-state index contributed by atoms with van der Waals surface area (Å²) in [5.74, 6) is -0.455. The van der Waals surface area contributed by atoms with Crippen molar-refractivity contribution in [3.8, 4) is 5.69 Å². The van der Waals surface area contributed by atoms with Gasteiger partial charge in [0.15, 0.2) is 0 Å². The largest absolute Gasteiger partial charge is 0.422 e. The van der Waals surface area contributed by atoms with Gasteiger partial charge < -0.3 is 14.3 Å². The lowest BCUT2D eigenvalue weighted by atomic mass is 10.1. The van der Waals surface area contributed by atoms with E-state index in [0.29, 0.717) is 17.5 Å². The number of para-hydroxylation sites is 1. The average Bonchev–Trinajstić information content (AvgIpc) is 3.21. The number of nitrogens with zero attached hydrogens (tertiary/aromatic N) is 2. The van der Waals surface area contributed by atoms with Gasteiger partial charge in [0, 0.05) is 30.0 Å². The number of hydrogen-bond donors (Lipinski definition) is 1. The van der Waals surface area contributed by atoms with Gasteiger partial charge in [-0.05, 0) is 29.8 Å². The molecule has 0 spiro atoms. The standard InChI is InChI=1S/C20H15N3O3/c24-19(17-11-15-3-1-2-4-18(15)26-20(17)25)22-12-14-5-7-16(8-6-14)23-10-9-21-13-23/h1-11,13H,12H2,(H,22,24). The molecule has 2 heterocycles. The Labute approximate surface area is 148 Å². The van der Waals surface area contributed by atoms with E-state index in [9.17, 15) is 9.59 Å². The first-order valence-corrected chi connectivity index (χ1v) is 8.09. The highest BCUT2D eigenvalue weighted by Crippen LogP contribution is 2.13. The highest BCUT2D eigenvalue weighted by Gasteiger charge is 2.13. The van der Waals surface area contributed by atoms with E-state index in [2.05, 4.69) is 10.3 Å². The predicted octanol–water partition coefficient (Wildman–Crippen LogP) is 2.91. The fourth-order valence-corrected chi connectivity index (χ4v) is 2.70. The second kappa shape index (κ2) is 6.68. The average molecular weight is 345 g/mol. The van der Waals surface area contributed by atoms with Crippen LogP contribution in [0.5, 0.6) is 0 Å². The molecule has 0 aliphatic heterocycles. The minimum Gasteiger partial charge on any atom is -0.422 e. The van der Waals surface area contributed by atoms with Gasteiger partial charge in [-0.15, -0.1) is 0 Å². The number of imidazole rings is 1. The van der Waals surface area contributed by atoms with Crippen LogP contribution >= 0.6 is 0 Å². The number of carbonyl (C=O) groups excluding carboxylic acids is 1. The summed E-state index contributed by atoms with van der Waals surface area (Å²) in [6, 6.07) is 16.4. The molecule has 2 aromatic carbocycles. The molecule has 0 bridgehead atoms. The first-order valence-electron chi connectivity index (χ1n) is 8.09. The van der Waals surface area contributed by atoms with Crippen LogP contribution in [0, 0.1) is 0 Å². The Morgan fingerprint density at radius 2 is 1.92 bits per heavy atom. The molecule has 0 aliphatic carbocycles. The zero-order valence-corrected chi connectivity index (χ0v) is 13.8. The third kappa shape index (κ3) is 3.12. The summed E-state index contributed by atoms with van der Waals surface area (Å²) in [6.07, 6.45) is 5.29. The molecular weight excluding hydrogens is 330 g/mol. The minimum absolute atomic E-state index is 0.00117. The normalized spacial score (nSPS) is 10.8. The third-order valence-corrected chi connectivity index (χ3v) is 4.08. The Hall–Kier alpha value is -3.67. The van der Waals surface area contributed by atoms with Gasteiger partial charge in [0.1, 0.15) is 11.1 Å². The summed E-state index contributed by atoms with van der Waals surface area (Å²) >= 11 is 0. The van der Waals surface area contributed by atoms with E-state index in [1.807, 2.05) is 41.1 Å². The van der Waals surface area contributed by atoms with Crippen LogP contribution in [0.3, 0.4) is 0 Å². The molecule has 1 amide bonds. The monoisotopic (exact) mass is 345 g/mol. The van der Waals surface area contributed by atoms with Gasteiger partial charge >= 0.3 is 5.63 Å². The number of nitrogens with one attached hydrogen (secondary N) is 1. The topological polar surface area (TPSA) is 77.1 Å². The number of rotatable bonds is 4. The Kier molecular flexibility index (Phi) is 4.07. The predicted molar refractivity (Wildman–Crippen MR) is 97.2 cm³/mol. The Morgan fingerprint density at radius 3 is 2.69 bits per heavy atom. The Balaban J connectivity index is 1.49. The molecular formula is C20H15N3O3. The van der Waals surface area contributed by atoms with Gasteiger partial charge in [0.25, 0.3) is 5.91 Å². The second-order valence-electron chi connectivity index (χ2n) is 5.80. The van der Waals surface area contributed by atoms with E-state index in [1.165, 1.54) is 0 Å². The molecule has 0 aliphatic rings. The van der Waals surface area contributed by atoms with Crippen LogP contribution in [-0.4, -0.2) is 15.5 Å². The van der Waals surface area contributed by atoms with E-state index in [4.69, 9.17) is 4.42 Å². The summed E-state index contributed by atoms with van der Waals surface area (Å²) < 4.78 is 7.09. The molecule has 2 aromatic heterocycles. The van der Waals surface area contributed by atoms with Crippen LogP contribution in [0.2, 0.25) is 0 Å². The van der Waals surface area contributed by atoms with Crippen molar-refractivity contribution in [1.29, 1.82) is 0 Å². The lowest BCUT2D eigenvalue weighted by molar-refractivity contribution is 0.0947. The fraction of sp³-hybridized carbons (Fsp3) is 0.0500. The lowest BCUT2D eigenvalue weighted by Crippen LogP contribution is -2.27. The molecule has 6 heteroatoms. The molecule has 0 fully saturated rings. The first kappa shape index (κ1) is 15.8. The molecule has 26 heavy (non-hydrogen) atoms. The van der Waals surface area contributed by atoms with Crippen molar-refractivity contribution >= 4 is 16.9 Å². The van der Waals surface area contributed by atoms with Crippen LogP contribution in [0.15, 0.2) is 82.5 Å². The van der Waals surface area contributed by atoms with Crippen LogP contribution in [-0.2, 0) is 6.54 Å². The van der Waals surface area contributed by atoms with Crippen molar-refractivity contribution in [3.63, 3.8) is 0 Å². The van der Waals surface area contributed by atoms with Crippen LogP contribution in [0.1, 0.15) is 15.9 Å². The summed E-state index contributed by atoms with van der Waals surface area (Å²) in [5, 5.41) is 3.47. The van der Waals surface area contributed by atoms with Crippen molar-refractivity contribution in [2.45, 2.75) is 6.54 Å². The highest BCUT2D eigenvalue weighted by molar-refractivity contribution is 5.96. The highest BCUT2D eigenvalue weighted by atomic mass is 16.4. The SMILES string of the molecule is O=C(NCc1ccc(-n2ccnc2)cc1)c1cc2ccccc2oc1=O. The molecule has 1 N–H and O–H groups in total. The van der Waals surface area contributed by atoms with E-state index in [-0.39, 0.29) is 5.56 Å². The van der Waals surface area contributed by atoms with Crippen LogP contribution < -0.4 is 10.9 Å². The summed E-state index contributed by atoms with van der Waals surface area (Å²) in [5.41, 5.74) is 1.72. The quantitative estimate of drug-likeness (QED) is 0.577. The van der Waals surface area contributed by atoms with Crippen molar-refractivity contribution in [2.75, 3.05) is 0 Å². The lowest BCUT2D eigenvalue weighted by Gasteiger charge is -2.07. The van der Waals surface area contributed by atoms with Crippen molar-refractivity contribution in [1.82, 2.24) is 14.9 Å². The van der Waals surface area contributed by atoms with Crippen molar-refractivity contribution in [3.05, 3.63) is 94.9 Å². The van der Waals surface area contributed by atoms with Gasteiger partial charge in [0.2, 0.25) is 0 Å². The van der Waals surface area contributed by atoms with E-state index in [0.717, 1.165) is 11.3 Å². The molecule has 6 nitrogen and oxygen atoms in total. The summed E-state index contributed by atoms with van der Waals surface area (Å²) in [6.45, 7) is 0.315. The summed E-state index contributed by atoms with van der Waals surface area (Å²) in [7, 11) is 0. The van der Waals surface area contributed by atoms with Gasteiger partial charge in [0.05, 0.1) is 6.33 Å². The fourth-order valence-electron chi connectivity index (χ4n) is 2.70. The smallest absolute Gasteiger partial charge is 0.349 e. The summed E-state index contributed by atoms with van der Waals surface area (Å²) in [4.78, 5) is 28.4. The first-order chi connectivity index (χ1) is 12.7. The minimum atomic E-state index is -0.642. The number of benzene rings is 2. The van der Waals surface area contributed by atoms with Gasteiger partial charge in [-0.2, -0.15) is 0 Å². The molecule has 4 aromatic rings. The molecule has 0 radical (unpaired) electrons. The molecule has 0 atom stereocenters. The molecule has 0 saturated carbocycles. The third-order valence-electron chi connectivity index (χ3n) is 4.08. The van der Waals surface area contributed by atoms with E-state index in [1.54, 1.807) is 36.8 Å². The molecule has 0 saturated heterocycles. The van der Waals surface area contributed by atoms with Gasteiger partial charge in [-0.25, -0.2) is 9.78 Å². The van der Waals surface area contributed by atoms with Crippen LogP contribution in [0.25, 0.3) is 16.7 Å². The maximum atomic E-state index is 12.4. The Morgan fingerprint density at radius 1 is 1.12 bits per heavy atom. The number of hydrogen-bond acceptors (Lipinski definition) is 4. The van der Waals surface area contributed by atoms with Crippen molar-refractivity contribution in [2.24, 2.45) is 0 Å². The van der Waals surface area contributed by atoms with Gasteiger partial charge in [-0.3, -0.25) is 4.79 Å². The number of fused-ring (bicyclic) bond motifs is 1. The number of carbonyl (C=O) groups is 1. The number of amides is 1. The van der Waals surface area contributed by atoms with Crippen molar-refractivity contribution < 1.29 is 9.21 Å². The molecule has 128 valence electrons. The second-order valence-corrected chi connectivity index (χ2v) is 5.80. The molecule has 4 rings (SSSR count). The number of aromatic nitrogens is 2. The molecule has 0 unspecified atom stereocenters. The zero-order chi connectivity index (χ0) is 17.9. The Bertz CT molecular complexity index is 1110.